The Bertz CT molecular complexity index is 725. The molecule has 100 valence electrons. The summed E-state index contributed by atoms with van der Waals surface area (Å²) in [5.41, 5.74) is 1.34. The predicted octanol–water partition coefficient (Wildman–Crippen LogP) is 4.52. The SMILES string of the molecule is Fc1ccc(Br)cc1-n1ccnc1Nc1ccccc1. The first kappa shape index (κ1) is 12.9. The number of hydrogen-bond acceptors (Lipinski definition) is 2. The van der Waals surface area contributed by atoms with Crippen LogP contribution in [-0.2, 0) is 0 Å². The number of aromatic nitrogens is 2. The van der Waals surface area contributed by atoms with Gasteiger partial charge in [-0.3, -0.25) is 4.57 Å². The number of benzene rings is 2. The van der Waals surface area contributed by atoms with Crippen molar-refractivity contribution in [3.8, 4) is 5.69 Å². The van der Waals surface area contributed by atoms with E-state index in [2.05, 4.69) is 26.2 Å². The molecule has 20 heavy (non-hydrogen) atoms. The van der Waals surface area contributed by atoms with E-state index >= 15 is 0 Å². The minimum atomic E-state index is -0.303. The molecule has 0 aliphatic heterocycles. The van der Waals surface area contributed by atoms with Gasteiger partial charge in [-0.2, -0.15) is 0 Å². The van der Waals surface area contributed by atoms with Gasteiger partial charge in [0.05, 0.1) is 5.69 Å². The van der Waals surface area contributed by atoms with E-state index in [9.17, 15) is 4.39 Å². The Morgan fingerprint density at radius 1 is 1.10 bits per heavy atom. The average molecular weight is 332 g/mol. The lowest BCUT2D eigenvalue weighted by Gasteiger charge is -2.11. The molecule has 0 spiro atoms. The maximum absolute atomic E-state index is 14.0. The maximum Gasteiger partial charge on any atom is 0.212 e. The Kier molecular flexibility index (Phi) is 3.52. The van der Waals surface area contributed by atoms with Crippen molar-refractivity contribution in [2.24, 2.45) is 0 Å². The van der Waals surface area contributed by atoms with Crippen LogP contribution in [0.1, 0.15) is 0 Å². The third-order valence-electron chi connectivity index (χ3n) is 2.84. The number of para-hydroxylation sites is 1. The summed E-state index contributed by atoms with van der Waals surface area (Å²) in [6.45, 7) is 0. The zero-order chi connectivity index (χ0) is 13.9. The second kappa shape index (κ2) is 5.46. The van der Waals surface area contributed by atoms with Gasteiger partial charge in [0.25, 0.3) is 0 Å². The molecule has 2 aromatic carbocycles. The van der Waals surface area contributed by atoms with Gasteiger partial charge in [-0.1, -0.05) is 34.1 Å². The Balaban J connectivity index is 2.00. The highest BCUT2D eigenvalue weighted by atomic mass is 79.9. The van der Waals surface area contributed by atoms with Gasteiger partial charge < -0.3 is 5.32 Å². The summed E-state index contributed by atoms with van der Waals surface area (Å²) < 4.78 is 16.4. The van der Waals surface area contributed by atoms with E-state index < -0.39 is 0 Å². The van der Waals surface area contributed by atoms with Crippen molar-refractivity contribution < 1.29 is 4.39 Å². The molecule has 3 rings (SSSR count). The molecule has 0 aliphatic carbocycles. The van der Waals surface area contributed by atoms with Gasteiger partial charge in [0.1, 0.15) is 5.82 Å². The van der Waals surface area contributed by atoms with Gasteiger partial charge in [0, 0.05) is 22.6 Å². The molecular weight excluding hydrogens is 321 g/mol. The highest BCUT2D eigenvalue weighted by molar-refractivity contribution is 9.10. The fourth-order valence-electron chi connectivity index (χ4n) is 1.91. The largest absolute Gasteiger partial charge is 0.325 e. The van der Waals surface area contributed by atoms with E-state index in [4.69, 9.17) is 0 Å². The quantitative estimate of drug-likeness (QED) is 0.764. The first-order chi connectivity index (χ1) is 9.74. The molecule has 0 saturated carbocycles. The van der Waals surface area contributed by atoms with Crippen LogP contribution in [0.15, 0.2) is 65.4 Å². The second-order valence-electron chi connectivity index (χ2n) is 4.21. The minimum absolute atomic E-state index is 0.303. The van der Waals surface area contributed by atoms with Crippen molar-refractivity contribution in [2.75, 3.05) is 5.32 Å². The number of halogens is 2. The van der Waals surface area contributed by atoms with Crippen LogP contribution in [0.5, 0.6) is 0 Å². The second-order valence-corrected chi connectivity index (χ2v) is 5.12. The summed E-state index contributed by atoms with van der Waals surface area (Å²) in [6.07, 6.45) is 3.35. The van der Waals surface area contributed by atoms with Crippen LogP contribution in [0.2, 0.25) is 0 Å². The molecule has 0 aliphatic rings. The Morgan fingerprint density at radius 2 is 1.90 bits per heavy atom. The van der Waals surface area contributed by atoms with Gasteiger partial charge in [-0.05, 0) is 30.3 Å². The molecule has 1 aromatic heterocycles. The fourth-order valence-corrected chi connectivity index (χ4v) is 2.26. The van der Waals surface area contributed by atoms with Gasteiger partial charge in [-0.15, -0.1) is 0 Å². The van der Waals surface area contributed by atoms with Gasteiger partial charge >= 0.3 is 0 Å². The Hall–Kier alpha value is -2.14. The normalized spacial score (nSPS) is 10.5. The molecule has 0 amide bonds. The summed E-state index contributed by atoms with van der Waals surface area (Å²) in [5.74, 6) is 0.260. The van der Waals surface area contributed by atoms with Gasteiger partial charge in [0.2, 0.25) is 5.95 Å². The van der Waals surface area contributed by atoms with Crippen LogP contribution in [0, 0.1) is 5.82 Å². The van der Waals surface area contributed by atoms with E-state index in [0.717, 1.165) is 10.2 Å². The third kappa shape index (κ3) is 2.58. The summed E-state index contributed by atoms with van der Waals surface area (Å²) in [7, 11) is 0. The van der Waals surface area contributed by atoms with Crippen molar-refractivity contribution >= 4 is 27.6 Å². The van der Waals surface area contributed by atoms with Crippen LogP contribution in [0.3, 0.4) is 0 Å². The van der Waals surface area contributed by atoms with Crippen molar-refractivity contribution in [1.29, 1.82) is 0 Å². The fraction of sp³-hybridized carbons (Fsp3) is 0. The number of hydrogen-bond donors (Lipinski definition) is 1. The number of anilines is 2. The monoisotopic (exact) mass is 331 g/mol. The van der Waals surface area contributed by atoms with Crippen LogP contribution >= 0.6 is 15.9 Å². The summed E-state index contributed by atoms with van der Waals surface area (Å²) in [5, 5.41) is 3.17. The molecule has 0 unspecified atom stereocenters. The summed E-state index contributed by atoms with van der Waals surface area (Å²) in [4.78, 5) is 4.23. The first-order valence-corrected chi connectivity index (χ1v) is 6.84. The number of rotatable bonds is 3. The maximum atomic E-state index is 14.0. The number of nitrogens with one attached hydrogen (secondary N) is 1. The van der Waals surface area contributed by atoms with Gasteiger partial charge in [0.15, 0.2) is 0 Å². The molecule has 1 heterocycles. The highest BCUT2D eigenvalue weighted by Crippen LogP contribution is 2.23. The lowest BCUT2D eigenvalue weighted by atomic mass is 10.3. The number of imidazole rings is 1. The molecule has 0 radical (unpaired) electrons. The molecule has 1 N–H and O–H groups in total. The topological polar surface area (TPSA) is 29.9 Å². The molecule has 0 saturated heterocycles. The van der Waals surface area contributed by atoms with Crippen molar-refractivity contribution in [2.45, 2.75) is 0 Å². The number of nitrogens with zero attached hydrogens (tertiary/aromatic N) is 2. The Labute approximate surface area is 124 Å². The van der Waals surface area contributed by atoms with Crippen LogP contribution in [0.25, 0.3) is 5.69 Å². The first-order valence-electron chi connectivity index (χ1n) is 6.05. The standard InChI is InChI=1S/C15H11BrFN3/c16-11-6-7-13(17)14(10-11)20-9-8-18-15(20)19-12-4-2-1-3-5-12/h1-10H,(H,18,19). The molecule has 3 aromatic rings. The Morgan fingerprint density at radius 3 is 2.70 bits per heavy atom. The molecule has 0 bridgehead atoms. The molecule has 0 atom stereocenters. The lowest BCUT2D eigenvalue weighted by Crippen LogP contribution is -2.03. The van der Waals surface area contributed by atoms with Crippen molar-refractivity contribution in [3.05, 3.63) is 71.2 Å². The van der Waals surface area contributed by atoms with Crippen LogP contribution in [-0.4, -0.2) is 9.55 Å². The summed E-state index contributed by atoms with van der Waals surface area (Å²) in [6, 6.07) is 14.4. The molecule has 5 heteroatoms. The highest BCUT2D eigenvalue weighted by Gasteiger charge is 2.10. The van der Waals surface area contributed by atoms with Crippen molar-refractivity contribution in [1.82, 2.24) is 9.55 Å². The predicted molar refractivity (Wildman–Crippen MR) is 80.9 cm³/mol. The molecular formula is C15H11BrFN3. The van der Waals surface area contributed by atoms with Gasteiger partial charge in [-0.25, -0.2) is 9.37 Å². The van der Waals surface area contributed by atoms with E-state index in [1.807, 2.05) is 30.3 Å². The van der Waals surface area contributed by atoms with Crippen molar-refractivity contribution in [3.63, 3.8) is 0 Å². The molecule has 0 fully saturated rings. The average Bonchev–Trinajstić information content (AvgIpc) is 2.91. The zero-order valence-corrected chi connectivity index (χ0v) is 12.0. The zero-order valence-electron chi connectivity index (χ0n) is 10.4. The van der Waals surface area contributed by atoms with E-state index in [-0.39, 0.29) is 5.82 Å². The van der Waals surface area contributed by atoms with E-state index in [1.165, 1.54) is 6.07 Å². The third-order valence-corrected chi connectivity index (χ3v) is 3.33. The van der Waals surface area contributed by atoms with E-state index in [0.29, 0.717) is 11.6 Å². The van der Waals surface area contributed by atoms with Crippen LogP contribution in [0.4, 0.5) is 16.0 Å². The van der Waals surface area contributed by atoms with E-state index in [1.54, 1.807) is 29.1 Å². The lowest BCUT2D eigenvalue weighted by molar-refractivity contribution is 0.618. The minimum Gasteiger partial charge on any atom is -0.325 e. The van der Waals surface area contributed by atoms with Crippen LogP contribution < -0.4 is 5.32 Å². The summed E-state index contributed by atoms with van der Waals surface area (Å²) >= 11 is 3.35. The molecule has 3 nitrogen and oxygen atoms in total. The smallest absolute Gasteiger partial charge is 0.212 e.